The van der Waals surface area contributed by atoms with Crippen molar-refractivity contribution >= 4 is 11.4 Å². The van der Waals surface area contributed by atoms with Gasteiger partial charge in [0, 0.05) is 13.2 Å². The number of nitrogen functional groups attached to an aromatic ring is 1. The van der Waals surface area contributed by atoms with E-state index in [9.17, 15) is 0 Å². The van der Waals surface area contributed by atoms with Crippen molar-refractivity contribution in [1.82, 2.24) is 4.98 Å². The van der Waals surface area contributed by atoms with Crippen LogP contribution in [0.2, 0.25) is 0 Å². The molecule has 0 amide bonds. The van der Waals surface area contributed by atoms with Gasteiger partial charge in [0.2, 0.25) is 0 Å². The maximum atomic E-state index is 5.85. The molecule has 0 unspecified atom stereocenters. The second kappa shape index (κ2) is 4.26. The highest BCUT2D eigenvalue weighted by Crippen LogP contribution is 2.22. The molecule has 0 aliphatic heterocycles. The first-order valence-electron chi connectivity index (χ1n) is 5.13. The molecule has 0 atom stereocenters. The Balaban J connectivity index is 2.14. The van der Waals surface area contributed by atoms with Gasteiger partial charge in [-0.05, 0) is 25.1 Å². The van der Waals surface area contributed by atoms with Crippen LogP contribution in [-0.4, -0.2) is 12.0 Å². The van der Waals surface area contributed by atoms with E-state index in [4.69, 9.17) is 10.2 Å². The molecule has 2 heterocycles. The van der Waals surface area contributed by atoms with Crippen LogP contribution < -0.4 is 10.6 Å². The first-order valence-corrected chi connectivity index (χ1v) is 5.13. The topological polar surface area (TPSA) is 55.3 Å². The van der Waals surface area contributed by atoms with Gasteiger partial charge in [0.05, 0.1) is 24.1 Å². The molecule has 84 valence electrons. The van der Waals surface area contributed by atoms with Gasteiger partial charge in [0.25, 0.3) is 0 Å². The smallest absolute Gasteiger partial charge is 0.123 e. The summed E-state index contributed by atoms with van der Waals surface area (Å²) in [4.78, 5) is 6.00. The summed E-state index contributed by atoms with van der Waals surface area (Å²) in [6.45, 7) is 2.63. The molecule has 0 radical (unpaired) electrons. The highest BCUT2D eigenvalue weighted by Gasteiger charge is 2.07. The van der Waals surface area contributed by atoms with Gasteiger partial charge < -0.3 is 15.1 Å². The molecule has 0 fully saturated rings. The number of nitrogens with two attached hydrogens (primary N) is 1. The largest absolute Gasteiger partial charge is 0.464 e. The van der Waals surface area contributed by atoms with Gasteiger partial charge in [-0.3, -0.25) is 4.98 Å². The van der Waals surface area contributed by atoms with Crippen LogP contribution in [-0.2, 0) is 6.54 Å². The van der Waals surface area contributed by atoms with E-state index in [0.717, 1.165) is 17.2 Å². The molecule has 0 bridgehead atoms. The number of hydrogen-bond acceptors (Lipinski definition) is 4. The number of rotatable bonds is 3. The molecule has 16 heavy (non-hydrogen) atoms. The van der Waals surface area contributed by atoms with E-state index >= 15 is 0 Å². The van der Waals surface area contributed by atoms with Crippen molar-refractivity contribution in [2.24, 2.45) is 0 Å². The fourth-order valence-electron chi connectivity index (χ4n) is 1.64. The van der Waals surface area contributed by atoms with Crippen LogP contribution >= 0.6 is 0 Å². The molecule has 4 nitrogen and oxygen atoms in total. The number of hydrogen-bond donors (Lipinski definition) is 1. The third-order valence-corrected chi connectivity index (χ3v) is 2.43. The van der Waals surface area contributed by atoms with Gasteiger partial charge >= 0.3 is 0 Å². The average molecular weight is 217 g/mol. The van der Waals surface area contributed by atoms with Crippen molar-refractivity contribution < 1.29 is 4.42 Å². The predicted molar refractivity (Wildman–Crippen MR) is 64.2 cm³/mol. The van der Waals surface area contributed by atoms with Crippen molar-refractivity contribution in [3.8, 4) is 0 Å². The summed E-state index contributed by atoms with van der Waals surface area (Å²) in [6, 6.07) is 5.83. The molecule has 2 N–H and O–H groups in total. The Morgan fingerprint density at radius 2 is 2.19 bits per heavy atom. The lowest BCUT2D eigenvalue weighted by atomic mass is 10.3. The van der Waals surface area contributed by atoms with E-state index in [2.05, 4.69) is 4.98 Å². The SMILES string of the molecule is Cc1ccc(CN(C)c2ccncc2N)o1. The van der Waals surface area contributed by atoms with Gasteiger partial charge in [-0.2, -0.15) is 0 Å². The van der Waals surface area contributed by atoms with Gasteiger partial charge in [-0.15, -0.1) is 0 Å². The van der Waals surface area contributed by atoms with E-state index in [-0.39, 0.29) is 0 Å². The predicted octanol–water partition coefficient (Wildman–Crippen LogP) is 2.20. The molecule has 0 aliphatic carbocycles. The minimum Gasteiger partial charge on any atom is -0.464 e. The Morgan fingerprint density at radius 1 is 1.38 bits per heavy atom. The zero-order valence-corrected chi connectivity index (χ0v) is 9.47. The Morgan fingerprint density at radius 3 is 2.81 bits per heavy atom. The van der Waals surface area contributed by atoms with E-state index < -0.39 is 0 Å². The number of aryl methyl sites for hydroxylation is 1. The Hall–Kier alpha value is -1.97. The standard InChI is InChI=1S/C12H15N3O/c1-9-3-4-10(16-9)8-15(2)12-5-6-14-7-11(12)13/h3-7H,8,13H2,1-2H3. The molecule has 0 saturated heterocycles. The van der Waals surface area contributed by atoms with E-state index in [1.165, 1.54) is 0 Å². The molecule has 0 spiro atoms. The third kappa shape index (κ3) is 2.16. The fourth-order valence-corrected chi connectivity index (χ4v) is 1.64. The molecule has 4 heteroatoms. The minimum absolute atomic E-state index is 0.674. The van der Waals surface area contributed by atoms with Crippen molar-refractivity contribution in [3.05, 3.63) is 42.1 Å². The van der Waals surface area contributed by atoms with Crippen LogP contribution in [0, 0.1) is 6.92 Å². The Bertz CT molecular complexity index is 479. The lowest BCUT2D eigenvalue weighted by Gasteiger charge is -2.19. The highest BCUT2D eigenvalue weighted by molar-refractivity contribution is 5.65. The Kier molecular flexibility index (Phi) is 2.81. The summed E-state index contributed by atoms with van der Waals surface area (Å²) in [5.41, 5.74) is 7.48. The van der Waals surface area contributed by atoms with Crippen LogP contribution in [0.3, 0.4) is 0 Å². The average Bonchev–Trinajstić information content (AvgIpc) is 2.64. The minimum atomic E-state index is 0.674. The molecule has 2 rings (SSSR count). The summed E-state index contributed by atoms with van der Waals surface area (Å²) in [6.07, 6.45) is 3.38. The number of aromatic nitrogens is 1. The first kappa shape index (κ1) is 10.5. The van der Waals surface area contributed by atoms with Crippen LogP contribution in [0.1, 0.15) is 11.5 Å². The summed E-state index contributed by atoms with van der Waals surface area (Å²) in [5, 5.41) is 0. The first-order chi connectivity index (χ1) is 7.66. The van der Waals surface area contributed by atoms with Crippen molar-refractivity contribution in [2.45, 2.75) is 13.5 Å². The van der Waals surface area contributed by atoms with Gasteiger partial charge in [0.15, 0.2) is 0 Å². The van der Waals surface area contributed by atoms with E-state index in [0.29, 0.717) is 12.2 Å². The van der Waals surface area contributed by atoms with Gasteiger partial charge in [-0.25, -0.2) is 0 Å². The monoisotopic (exact) mass is 217 g/mol. The van der Waals surface area contributed by atoms with Crippen LogP contribution in [0.4, 0.5) is 11.4 Å². The van der Waals surface area contributed by atoms with Gasteiger partial charge in [-0.1, -0.05) is 0 Å². The fraction of sp³-hybridized carbons (Fsp3) is 0.250. The number of nitrogens with zero attached hydrogens (tertiary/aromatic N) is 2. The molecule has 0 aliphatic rings. The Labute approximate surface area is 94.7 Å². The number of anilines is 2. The zero-order valence-electron chi connectivity index (χ0n) is 9.47. The van der Waals surface area contributed by atoms with Crippen LogP contribution in [0.15, 0.2) is 35.0 Å². The lowest BCUT2D eigenvalue weighted by molar-refractivity contribution is 0.482. The van der Waals surface area contributed by atoms with Gasteiger partial charge in [0.1, 0.15) is 11.5 Å². The third-order valence-electron chi connectivity index (χ3n) is 2.43. The maximum Gasteiger partial charge on any atom is 0.123 e. The summed E-state index contributed by atoms with van der Waals surface area (Å²) in [7, 11) is 1.98. The summed E-state index contributed by atoms with van der Waals surface area (Å²) in [5.74, 6) is 1.85. The van der Waals surface area contributed by atoms with E-state index in [1.54, 1.807) is 12.4 Å². The van der Waals surface area contributed by atoms with Crippen molar-refractivity contribution in [2.75, 3.05) is 17.7 Å². The molecular weight excluding hydrogens is 202 g/mol. The second-order valence-electron chi connectivity index (χ2n) is 3.80. The summed E-state index contributed by atoms with van der Waals surface area (Å²) >= 11 is 0. The summed E-state index contributed by atoms with van der Waals surface area (Å²) < 4.78 is 5.52. The maximum absolute atomic E-state index is 5.85. The molecule has 0 saturated carbocycles. The molecular formula is C12H15N3O. The van der Waals surface area contributed by atoms with Crippen molar-refractivity contribution in [1.29, 1.82) is 0 Å². The number of furan rings is 1. The van der Waals surface area contributed by atoms with Crippen LogP contribution in [0.25, 0.3) is 0 Å². The highest BCUT2D eigenvalue weighted by atomic mass is 16.3. The van der Waals surface area contributed by atoms with Crippen LogP contribution in [0.5, 0.6) is 0 Å². The number of pyridine rings is 1. The second-order valence-corrected chi connectivity index (χ2v) is 3.80. The van der Waals surface area contributed by atoms with Crippen molar-refractivity contribution in [3.63, 3.8) is 0 Å². The lowest BCUT2D eigenvalue weighted by Crippen LogP contribution is -2.17. The quantitative estimate of drug-likeness (QED) is 0.856. The normalized spacial score (nSPS) is 10.4. The van der Waals surface area contributed by atoms with E-state index in [1.807, 2.05) is 37.1 Å². The zero-order chi connectivity index (χ0) is 11.5. The molecule has 0 aromatic carbocycles. The molecule has 2 aromatic heterocycles. The molecule has 2 aromatic rings.